The summed E-state index contributed by atoms with van der Waals surface area (Å²) in [6, 6.07) is 6.16. The second kappa shape index (κ2) is 7.47. The average Bonchev–Trinajstić information content (AvgIpc) is 3.38. The summed E-state index contributed by atoms with van der Waals surface area (Å²) in [5, 5.41) is 4.35. The van der Waals surface area contributed by atoms with Crippen LogP contribution >= 0.6 is 0 Å². The van der Waals surface area contributed by atoms with Crippen LogP contribution in [-0.4, -0.2) is 37.2 Å². The Labute approximate surface area is 155 Å². The van der Waals surface area contributed by atoms with E-state index >= 15 is 0 Å². The van der Waals surface area contributed by atoms with E-state index in [4.69, 9.17) is 19.0 Å². The van der Waals surface area contributed by atoms with Gasteiger partial charge in [0.25, 0.3) is 0 Å². The van der Waals surface area contributed by atoms with Gasteiger partial charge < -0.3 is 19.0 Å². The zero-order valence-corrected chi connectivity index (χ0v) is 15.8. The van der Waals surface area contributed by atoms with Crippen molar-refractivity contribution in [3.63, 3.8) is 0 Å². The predicted molar refractivity (Wildman–Crippen MR) is 100 cm³/mol. The first-order valence-corrected chi connectivity index (χ1v) is 9.90. The number of hydrogen-bond donors (Lipinski definition) is 0. The van der Waals surface area contributed by atoms with E-state index in [0.29, 0.717) is 25.2 Å². The van der Waals surface area contributed by atoms with Gasteiger partial charge in [-0.15, -0.1) is 0 Å². The van der Waals surface area contributed by atoms with E-state index in [1.165, 1.54) is 12.8 Å². The summed E-state index contributed by atoms with van der Waals surface area (Å²) < 4.78 is 17.8. The van der Waals surface area contributed by atoms with Crippen molar-refractivity contribution >= 4 is 5.71 Å². The molecule has 3 aliphatic rings. The fourth-order valence-electron chi connectivity index (χ4n) is 3.82. The molecule has 142 valence electrons. The molecule has 1 aromatic rings. The molecule has 1 saturated heterocycles. The Morgan fingerprint density at radius 1 is 1.23 bits per heavy atom. The highest BCUT2D eigenvalue weighted by atomic mass is 16.7. The van der Waals surface area contributed by atoms with Crippen molar-refractivity contribution in [2.24, 2.45) is 11.1 Å². The molecular weight excluding hydrogens is 330 g/mol. The molecule has 2 heterocycles. The molecule has 1 aromatic carbocycles. The van der Waals surface area contributed by atoms with E-state index in [2.05, 4.69) is 31.1 Å². The van der Waals surface area contributed by atoms with Crippen LogP contribution < -0.4 is 9.47 Å². The lowest BCUT2D eigenvalue weighted by Gasteiger charge is -2.19. The largest absolute Gasteiger partial charge is 0.489 e. The van der Waals surface area contributed by atoms with Crippen molar-refractivity contribution in [3.8, 4) is 11.5 Å². The normalized spacial score (nSPS) is 25.7. The quantitative estimate of drug-likeness (QED) is 0.759. The van der Waals surface area contributed by atoms with E-state index in [1.807, 2.05) is 6.07 Å². The van der Waals surface area contributed by atoms with Crippen molar-refractivity contribution in [1.29, 1.82) is 0 Å². The number of ether oxygens (including phenoxy) is 3. The SMILES string of the molecule is CC(C)COc1cc(C2=NOC3(CCOC3)C2)ccc1OC1CCCC1. The second-order valence-corrected chi connectivity index (χ2v) is 8.18. The van der Waals surface area contributed by atoms with Crippen LogP contribution in [0, 0.1) is 5.92 Å². The van der Waals surface area contributed by atoms with Gasteiger partial charge in [-0.3, -0.25) is 0 Å². The lowest BCUT2D eigenvalue weighted by molar-refractivity contribution is -0.0237. The topological polar surface area (TPSA) is 49.3 Å². The molecule has 0 radical (unpaired) electrons. The molecule has 0 amide bonds. The van der Waals surface area contributed by atoms with Gasteiger partial charge in [-0.2, -0.15) is 0 Å². The highest BCUT2D eigenvalue weighted by Crippen LogP contribution is 2.37. The third-order valence-corrected chi connectivity index (χ3v) is 5.35. The monoisotopic (exact) mass is 359 g/mol. The Bertz CT molecular complexity index is 658. The summed E-state index contributed by atoms with van der Waals surface area (Å²) in [7, 11) is 0. The lowest BCUT2D eigenvalue weighted by Crippen LogP contribution is -2.29. The number of rotatable bonds is 6. The minimum Gasteiger partial charge on any atom is -0.489 e. The van der Waals surface area contributed by atoms with E-state index in [-0.39, 0.29) is 5.60 Å². The first-order valence-electron chi connectivity index (χ1n) is 9.90. The van der Waals surface area contributed by atoms with Gasteiger partial charge in [0, 0.05) is 18.4 Å². The zero-order valence-electron chi connectivity index (χ0n) is 15.8. The molecular formula is C21H29NO4. The van der Waals surface area contributed by atoms with Crippen LogP contribution in [0.4, 0.5) is 0 Å². The zero-order chi connectivity index (χ0) is 18.0. The molecule has 5 heteroatoms. The third-order valence-electron chi connectivity index (χ3n) is 5.35. The van der Waals surface area contributed by atoms with Crippen molar-refractivity contribution in [2.75, 3.05) is 19.8 Å². The van der Waals surface area contributed by atoms with E-state index in [9.17, 15) is 0 Å². The molecule has 4 rings (SSSR count). The Hall–Kier alpha value is -1.75. The maximum absolute atomic E-state index is 6.23. The summed E-state index contributed by atoms with van der Waals surface area (Å²) in [5.41, 5.74) is 1.76. The Kier molecular flexibility index (Phi) is 5.07. The van der Waals surface area contributed by atoms with Crippen LogP contribution in [0.15, 0.2) is 23.4 Å². The summed E-state index contributed by atoms with van der Waals surface area (Å²) in [5.74, 6) is 2.12. The van der Waals surface area contributed by atoms with E-state index in [1.54, 1.807) is 0 Å². The third kappa shape index (κ3) is 3.83. The average molecular weight is 359 g/mol. The number of oxime groups is 1. The first-order chi connectivity index (χ1) is 12.6. The molecule has 2 fully saturated rings. The summed E-state index contributed by atoms with van der Waals surface area (Å²) in [6.45, 7) is 6.35. The molecule has 5 nitrogen and oxygen atoms in total. The Morgan fingerprint density at radius 2 is 2.08 bits per heavy atom. The van der Waals surface area contributed by atoms with Crippen LogP contribution in [-0.2, 0) is 9.57 Å². The maximum atomic E-state index is 6.23. The number of hydrogen-bond acceptors (Lipinski definition) is 5. The first kappa shape index (κ1) is 17.7. The van der Waals surface area contributed by atoms with Crippen molar-refractivity contribution in [1.82, 2.24) is 0 Å². The van der Waals surface area contributed by atoms with Crippen LogP contribution in [0.3, 0.4) is 0 Å². The second-order valence-electron chi connectivity index (χ2n) is 8.18. The Balaban J connectivity index is 1.52. The summed E-state index contributed by atoms with van der Waals surface area (Å²) >= 11 is 0. The molecule has 1 saturated carbocycles. The minimum absolute atomic E-state index is 0.257. The van der Waals surface area contributed by atoms with Crippen LogP contribution in [0.5, 0.6) is 11.5 Å². The number of benzene rings is 1. The molecule has 0 N–H and O–H groups in total. The molecule has 0 aromatic heterocycles. The van der Waals surface area contributed by atoms with E-state index < -0.39 is 0 Å². The van der Waals surface area contributed by atoms with Crippen molar-refractivity contribution in [3.05, 3.63) is 23.8 Å². The van der Waals surface area contributed by atoms with Crippen LogP contribution in [0.1, 0.15) is 57.9 Å². The predicted octanol–water partition coefficient (Wildman–Crippen LogP) is 4.33. The number of nitrogens with zero attached hydrogens (tertiary/aromatic N) is 1. The lowest BCUT2D eigenvalue weighted by atomic mass is 9.93. The molecule has 1 atom stereocenters. The van der Waals surface area contributed by atoms with Gasteiger partial charge in [0.05, 0.1) is 31.6 Å². The minimum atomic E-state index is -0.257. The fraction of sp³-hybridized carbons (Fsp3) is 0.667. The van der Waals surface area contributed by atoms with Gasteiger partial charge in [0.2, 0.25) is 0 Å². The van der Waals surface area contributed by atoms with Gasteiger partial charge in [0.15, 0.2) is 17.1 Å². The van der Waals surface area contributed by atoms with Gasteiger partial charge in [0.1, 0.15) is 0 Å². The molecule has 1 spiro atoms. The molecule has 2 aliphatic heterocycles. The highest BCUT2D eigenvalue weighted by Gasteiger charge is 2.43. The van der Waals surface area contributed by atoms with Crippen LogP contribution in [0.25, 0.3) is 0 Å². The Morgan fingerprint density at radius 3 is 2.81 bits per heavy atom. The van der Waals surface area contributed by atoms with Crippen molar-refractivity contribution < 1.29 is 19.0 Å². The maximum Gasteiger partial charge on any atom is 0.168 e. The standard InChI is InChI=1S/C21H29NO4/c1-15(2)13-24-20-11-16(7-8-19(20)25-17-5-3-4-6-17)18-12-21(26-22-18)9-10-23-14-21/h7-8,11,15,17H,3-6,9-10,12-14H2,1-2H3. The molecule has 1 unspecified atom stereocenters. The fourth-order valence-corrected chi connectivity index (χ4v) is 3.82. The van der Waals surface area contributed by atoms with Crippen LogP contribution in [0.2, 0.25) is 0 Å². The molecule has 0 bridgehead atoms. The highest BCUT2D eigenvalue weighted by molar-refractivity contribution is 6.02. The van der Waals surface area contributed by atoms with Crippen molar-refractivity contribution in [2.45, 2.75) is 64.1 Å². The van der Waals surface area contributed by atoms with Gasteiger partial charge >= 0.3 is 0 Å². The van der Waals surface area contributed by atoms with E-state index in [0.717, 1.165) is 55.1 Å². The van der Waals surface area contributed by atoms with Gasteiger partial charge in [-0.1, -0.05) is 19.0 Å². The molecule has 1 aliphatic carbocycles. The summed E-state index contributed by atoms with van der Waals surface area (Å²) in [4.78, 5) is 5.74. The summed E-state index contributed by atoms with van der Waals surface area (Å²) in [6.07, 6.45) is 6.78. The van der Waals surface area contributed by atoms with Gasteiger partial charge in [-0.25, -0.2) is 0 Å². The van der Waals surface area contributed by atoms with Gasteiger partial charge in [-0.05, 0) is 49.8 Å². The smallest absolute Gasteiger partial charge is 0.168 e. The molecule has 26 heavy (non-hydrogen) atoms.